The number of halogens is 1. The summed E-state index contributed by atoms with van der Waals surface area (Å²) in [5.74, 6) is -0.362. The first kappa shape index (κ1) is 14.8. The number of hydrogen-bond donors (Lipinski definition) is 1. The summed E-state index contributed by atoms with van der Waals surface area (Å²) in [6.07, 6.45) is 1.67. The average Bonchev–Trinajstić information content (AvgIpc) is 2.72. The third-order valence-corrected chi connectivity index (χ3v) is 4.23. The number of aliphatic hydroxyl groups is 1. The number of rotatable bonds is 4. The number of fused-ring (bicyclic) bond motifs is 1. The molecular formula is C18H16ClNO2. The quantitative estimate of drug-likeness (QED) is 0.875. The molecule has 22 heavy (non-hydrogen) atoms. The zero-order chi connectivity index (χ0) is 15.7. The molecule has 2 aromatic carbocycles. The van der Waals surface area contributed by atoms with Gasteiger partial charge in [0.25, 0.3) is 5.91 Å². The average molecular weight is 314 g/mol. The van der Waals surface area contributed by atoms with Crippen molar-refractivity contribution in [3.8, 4) is 0 Å². The Morgan fingerprint density at radius 1 is 1.18 bits per heavy atom. The van der Waals surface area contributed by atoms with E-state index in [0.29, 0.717) is 22.8 Å². The molecule has 2 aromatic rings. The van der Waals surface area contributed by atoms with Gasteiger partial charge in [0.1, 0.15) is 0 Å². The summed E-state index contributed by atoms with van der Waals surface area (Å²) in [5, 5.41) is 11.3. The number of anilines is 1. The molecule has 1 aliphatic heterocycles. The predicted molar refractivity (Wildman–Crippen MR) is 87.8 cm³/mol. The van der Waals surface area contributed by atoms with E-state index in [0.717, 1.165) is 5.56 Å². The van der Waals surface area contributed by atoms with E-state index < -0.39 is 5.60 Å². The smallest absolute Gasteiger partial charge is 0.264 e. The number of carbonyl (C=O) groups excluding carboxylic acids is 1. The lowest BCUT2D eigenvalue weighted by atomic mass is 9.92. The molecule has 112 valence electrons. The Labute approximate surface area is 134 Å². The summed E-state index contributed by atoms with van der Waals surface area (Å²) in [6.45, 7) is 4.04. The van der Waals surface area contributed by atoms with Gasteiger partial charge in [-0.2, -0.15) is 0 Å². The fourth-order valence-corrected chi connectivity index (χ4v) is 3.23. The van der Waals surface area contributed by atoms with Gasteiger partial charge in [0.2, 0.25) is 0 Å². The molecule has 3 nitrogen and oxygen atoms in total. The van der Waals surface area contributed by atoms with Crippen LogP contribution in [0.4, 0.5) is 5.69 Å². The summed E-state index contributed by atoms with van der Waals surface area (Å²) in [6, 6.07) is 14.9. The molecule has 4 heteroatoms. The lowest BCUT2D eigenvalue weighted by Crippen LogP contribution is -2.39. The molecular weight excluding hydrogens is 298 g/mol. The SMILES string of the molecule is C=CC[C@]1(O)C(=O)N(Cc2ccccc2)c2cccc(Cl)c21. The highest BCUT2D eigenvalue weighted by Crippen LogP contribution is 2.46. The number of nitrogens with zero attached hydrogens (tertiary/aromatic N) is 1. The van der Waals surface area contributed by atoms with Gasteiger partial charge in [-0.3, -0.25) is 4.79 Å². The molecule has 0 unspecified atom stereocenters. The highest BCUT2D eigenvalue weighted by Gasteiger charge is 2.50. The van der Waals surface area contributed by atoms with E-state index in [9.17, 15) is 9.90 Å². The lowest BCUT2D eigenvalue weighted by Gasteiger charge is -2.22. The summed E-state index contributed by atoms with van der Waals surface area (Å²) in [4.78, 5) is 14.4. The van der Waals surface area contributed by atoms with Crippen LogP contribution in [-0.4, -0.2) is 11.0 Å². The van der Waals surface area contributed by atoms with Crippen LogP contribution in [0.5, 0.6) is 0 Å². The van der Waals surface area contributed by atoms with Gasteiger partial charge in [-0.25, -0.2) is 0 Å². The molecule has 1 N–H and O–H groups in total. The Hall–Kier alpha value is -2.10. The lowest BCUT2D eigenvalue weighted by molar-refractivity contribution is -0.135. The van der Waals surface area contributed by atoms with E-state index in [1.807, 2.05) is 36.4 Å². The minimum Gasteiger partial charge on any atom is -0.375 e. The number of carbonyl (C=O) groups is 1. The largest absolute Gasteiger partial charge is 0.375 e. The van der Waals surface area contributed by atoms with Crippen LogP contribution in [0.3, 0.4) is 0 Å². The summed E-state index contributed by atoms with van der Waals surface area (Å²) < 4.78 is 0. The van der Waals surface area contributed by atoms with Crippen molar-refractivity contribution < 1.29 is 9.90 Å². The second-order valence-corrected chi connectivity index (χ2v) is 5.77. The van der Waals surface area contributed by atoms with E-state index in [4.69, 9.17) is 11.6 Å². The zero-order valence-corrected chi connectivity index (χ0v) is 12.8. The van der Waals surface area contributed by atoms with Crippen LogP contribution in [0.1, 0.15) is 17.5 Å². The van der Waals surface area contributed by atoms with Gasteiger partial charge >= 0.3 is 0 Å². The Bertz CT molecular complexity index is 729. The molecule has 0 aromatic heterocycles. The molecule has 0 aliphatic carbocycles. The van der Waals surface area contributed by atoms with Gasteiger partial charge in [-0.15, -0.1) is 6.58 Å². The maximum atomic E-state index is 12.8. The van der Waals surface area contributed by atoms with Crippen LogP contribution in [0.25, 0.3) is 0 Å². The van der Waals surface area contributed by atoms with Crippen molar-refractivity contribution in [3.05, 3.63) is 77.3 Å². The molecule has 0 fully saturated rings. The van der Waals surface area contributed by atoms with Crippen LogP contribution in [-0.2, 0) is 16.9 Å². The van der Waals surface area contributed by atoms with Gasteiger partial charge in [0, 0.05) is 17.0 Å². The van der Waals surface area contributed by atoms with Gasteiger partial charge in [0.05, 0.1) is 12.2 Å². The Morgan fingerprint density at radius 2 is 1.91 bits per heavy atom. The summed E-state index contributed by atoms with van der Waals surface area (Å²) in [7, 11) is 0. The number of benzene rings is 2. The highest BCUT2D eigenvalue weighted by molar-refractivity contribution is 6.33. The van der Waals surface area contributed by atoms with Crippen molar-refractivity contribution in [2.75, 3.05) is 4.90 Å². The molecule has 0 saturated carbocycles. The van der Waals surface area contributed by atoms with Crippen molar-refractivity contribution in [2.45, 2.75) is 18.6 Å². The second kappa shape index (κ2) is 5.59. The molecule has 1 amide bonds. The van der Waals surface area contributed by atoms with Gasteiger partial charge in [-0.1, -0.05) is 54.1 Å². The van der Waals surface area contributed by atoms with Crippen molar-refractivity contribution >= 4 is 23.2 Å². The van der Waals surface area contributed by atoms with Gasteiger partial charge in [0.15, 0.2) is 5.60 Å². The molecule has 0 bridgehead atoms. The second-order valence-electron chi connectivity index (χ2n) is 5.36. The molecule has 3 rings (SSSR count). The fraction of sp³-hybridized carbons (Fsp3) is 0.167. The summed E-state index contributed by atoms with van der Waals surface area (Å²) >= 11 is 6.25. The van der Waals surface area contributed by atoms with Crippen LogP contribution in [0.2, 0.25) is 5.02 Å². The Balaban J connectivity index is 2.08. The fourth-order valence-electron chi connectivity index (χ4n) is 2.91. The molecule has 1 heterocycles. The van der Waals surface area contributed by atoms with Crippen LogP contribution < -0.4 is 4.90 Å². The van der Waals surface area contributed by atoms with Gasteiger partial charge < -0.3 is 10.0 Å². The third-order valence-electron chi connectivity index (χ3n) is 3.92. The van der Waals surface area contributed by atoms with Crippen LogP contribution in [0, 0.1) is 0 Å². The Morgan fingerprint density at radius 3 is 2.59 bits per heavy atom. The summed E-state index contributed by atoms with van der Waals surface area (Å²) in [5.41, 5.74) is 0.484. The van der Waals surface area contributed by atoms with E-state index in [1.54, 1.807) is 17.0 Å². The van der Waals surface area contributed by atoms with E-state index in [1.165, 1.54) is 6.08 Å². The monoisotopic (exact) mass is 313 g/mol. The number of amides is 1. The highest BCUT2D eigenvalue weighted by atomic mass is 35.5. The van der Waals surface area contributed by atoms with Crippen molar-refractivity contribution in [3.63, 3.8) is 0 Å². The van der Waals surface area contributed by atoms with E-state index >= 15 is 0 Å². The molecule has 0 spiro atoms. The Kier molecular flexibility index (Phi) is 3.77. The normalized spacial score (nSPS) is 20.1. The molecule has 1 atom stereocenters. The standard InChI is InChI=1S/C18H16ClNO2/c1-2-11-18(22)16-14(19)9-6-10-15(16)20(17(18)21)12-13-7-4-3-5-8-13/h2-10,22H,1,11-12H2/t18-/m1/s1. The van der Waals surface area contributed by atoms with Crippen LogP contribution >= 0.6 is 11.6 Å². The molecule has 0 radical (unpaired) electrons. The molecule has 0 saturated heterocycles. The van der Waals surface area contributed by atoms with Crippen LogP contribution in [0.15, 0.2) is 61.2 Å². The van der Waals surface area contributed by atoms with E-state index in [-0.39, 0.29) is 12.3 Å². The first-order valence-electron chi connectivity index (χ1n) is 7.06. The topological polar surface area (TPSA) is 40.5 Å². The predicted octanol–water partition coefficient (Wildman–Crippen LogP) is 3.65. The first-order valence-corrected chi connectivity index (χ1v) is 7.44. The zero-order valence-electron chi connectivity index (χ0n) is 12.0. The molecule has 1 aliphatic rings. The maximum Gasteiger partial charge on any atom is 0.264 e. The van der Waals surface area contributed by atoms with E-state index in [2.05, 4.69) is 6.58 Å². The minimum atomic E-state index is -1.63. The van der Waals surface area contributed by atoms with Crippen molar-refractivity contribution in [2.24, 2.45) is 0 Å². The van der Waals surface area contributed by atoms with Crippen molar-refractivity contribution in [1.29, 1.82) is 0 Å². The van der Waals surface area contributed by atoms with Crippen molar-refractivity contribution in [1.82, 2.24) is 0 Å². The third kappa shape index (κ3) is 2.23. The maximum absolute atomic E-state index is 12.8. The number of hydrogen-bond acceptors (Lipinski definition) is 2. The first-order chi connectivity index (χ1) is 10.6. The van der Waals surface area contributed by atoms with Gasteiger partial charge in [-0.05, 0) is 17.7 Å². The minimum absolute atomic E-state index is 0.133.